The average molecular weight is 223 g/mol. The fourth-order valence-corrected chi connectivity index (χ4v) is 1.23. The second kappa shape index (κ2) is 10.2. The lowest BCUT2D eigenvalue weighted by Crippen LogP contribution is -2.07. The van der Waals surface area contributed by atoms with Crippen LogP contribution in [0.15, 0.2) is 36.1 Å². The number of rotatable bonds is 5. The Morgan fingerprint density at radius 1 is 1.31 bits per heavy atom. The number of ketones is 1. The first-order chi connectivity index (χ1) is 7.52. The van der Waals surface area contributed by atoms with Crippen molar-refractivity contribution in [3.8, 4) is 0 Å². The van der Waals surface area contributed by atoms with E-state index in [9.17, 15) is 4.79 Å². The third-order valence-corrected chi connectivity index (χ3v) is 1.80. The van der Waals surface area contributed by atoms with Crippen LogP contribution in [0.1, 0.15) is 34.1 Å². The molecule has 0 heterocycles. The van der Waals surface area contributed by atoms with Gasteiger partial charge in [-0.3, -0.25) is 4.79 Å². The number of hydrogen-bond acceptors (Lipinski definition) is 2. The number of Topliss-reactive ketones (excluding diaryl/α,β-unsaturated/α-hetero) is 1. The Kier molecular flexibility index (Phi) is 10.9. The summed E-state index contributed by atoms with van der Waals surface area (Å²) in [5.74, 6) is 0.0832. The number of allylic oxidation sites excluding steroid dienone is 4. The number of hydrogen-bond donors (Lipinski definition) is 0. The van der Waals surface area contributed by atoms with Gasteiger partial charge in [-0.1, -0.05) is 39.5 Å². The van der Waals surface area contributed by atoms with E-state index in [1.807, 2.05) is 46.0 Å². The van der Waals surface area contributed by atoms with E-state index < -0.39 is 0 Å². The van der Waals surface area contributed by atoms with Gasteiger partial charge in [-0.05, 0) is 18.9 Å². The third-order valence-electron chi connectivity index (χ3n) is 1.80. The van der Waals surface area contributed by atoms with Gasteiger partial charge in [0.2, 0.25) is 0 Å². The van der Waals surface area contributed by atoms with Crippen LogP contribution < -0.4 is 0 Å². The van der Waals surface area contributed by atoms with E-state index >= 15 is 0 Å². The minimum atomic E-state index is 0.0832. The van der Waals surface area contributed by atoms with E-state index in [1.165, 1.54) is 0 Å². The minimum Gasteiger partial charge on any atom is -0.383 e. The fourth-order valence-electron chi connectivity index (χ4n) is 1.23. The highest BCUT2D eigenvalue weighted by Gasteiger charge is 2.07. The van der Waals surface area contributed by atoms with Crippen molar-refractivity contribution >= 4 is 5.78 Å². The van der Waals surface area contributed by atoms with E-state index in [0.717, 1.165) is 17.6 Å². The Morgan fingerprint density at radius 2 is 1.81 bits per heavy atom. The predicted octanol–water partition coefficient (Wildman–Crippen LogP) is 3.57. The van der Waals surface area contributed by atoms with Crippen molar-refractivity contribution in [3.63, 3.8) is 0 Å². The molecule has 2 nitrogen and oxygen atoms in total. The van der Waals surface area contributed by atoms with E-state index in [-0.39, 0.29) is 5.78 Å². The summed E-state index contributed by atoms with van der Waals surface area (Å²) in [7, 11) is 3.89. The highest BCUT2D eigenvalue weighted by atomic mass is 16.1. The summed E-state index contributed by atoms with van der Waals surface area (Å²) in [5, 5.41) is 0. The largest absolute Gasteiger partial charge is 0.383 e. The second-order valence-corrected chi connectivity index (χ2v) is 3.34. The molecule has 0 saturated carbocycles. The van der Waals surface area contributed by atoms with Gasteiger partial charge in [0.25, 0.3) is 0 Å². The molecule has 0 aromatic carbocycles. The molecular weight excluding hydrogens is 198 g/mol. The van der Waals surface area contributed by atoms with E-state index in [1.54, 1.807) is 19.1 Å². The summed E-state index contributed by atoms with van der Waals surface area (Å²) in [6.45, 7) is 11.2. The molecule has 2 heteroatoms. The molecule has 0 radical (unpaired) electrons. The molecule has 0 rings (SSSR count). The first-order valence-electron chi connectivity index (χ1n) is 5.74. The molecule has 0 bridgehead atoms. The van der Waals surface area contributed by atoms with Crippen LogP contribution in [0.2, 0.25) is 0 Å². The monoisotopic (exact) mass is 223 g/mol. The van der Waals surface area contributed by atoms with Crippen LogP contribution in [0.5, 0.6) is 0 Å². The molecule has 0 amide bonds. The summed E-state index contributed by atoms with van der Waals surface area (Å²) in [5.41, 5.74) is 1.79. The summed E-state index contributed by atoms with van der Waals surface area (Å²) >= 11 is 0. The topological polar surface area (TPSA) is 20.3 Å². The van der Waals surface area contributed by atoms with E-state index in [0.29, 0.717) is 0 Å². The third kappa shape index (κ3) is 7.04. The van der Waals surface area contributed by atoms with Crippen LogP contribution in [0.3, 0.4) is 0 Å². The Bertz CT molecular complexity index is 272. The molecule has 0 aliphatic heterocycles. The van der Waals surface area contributed by atoms with Crippen LogP contribution >= 0.6 is 0 Å². The van der Waals surface area contributed by atoms with Gasteiger partial charge >= 0.3 is 0 Å². The molecule has 92 valence electrons. The second-order valence-electron chi connectivity index (χ2n) is 3.34. The van der Waals surface area contributed by atoms with Crippen LogP contribution in [-0.4, -0.2) is 24.8 Å². The van der Waals surface area contributed by atoms with Crippen molar-refractivity contribution in [1.29, 1.82) is 0 Å². The zero-order valence-electron chi connectivity index (χ0n) is 11.5. The first-order valence-corrected chi connectivity index (χ1v) is 5.74. The molecule has 0 saturated heterocycles. The number of carbonyl (C=O) groups excluding carboxylic acids is 1. The SMILES string of the molecule is C=C/C=C(C(C)=O)\C(=C/N(C)C)CC.CC. The Hall–Kier alpha value is -1.31. The van der Waals surface area contributed by atoms with Gasteiger partial charge in [0, 0.05) is 25.9 Å². The van der Waals surface area contributed by atoms with Gasteiger partial charge in [0.1, 0.15) is 0 Å². The Labute approximate surface area is 100 Å². The maximum atomic E-state index is 11.3. The van der Waals surface area contributed by atoms with Crippen LogP contribution in [-0.2, 0) is 4.79 Å². The summed E-state index contributed by atoms with van der Waals surface area (Å²) in [6, 6.07) is 0. The highest BCUT2D eigenvalue weighted by Crippen LogP contribution is 2.15. The smallest absolute Gasteiger partial charge is 0.160 e. The van der Waals surface area contributed by atoms with Crippen molar-refractivity contribution in [1.82, 2.24) is 4.90 Å². The van der Waals surface area contributed by atoms with E-state index in [2.05, 4.69) is 6.58 Å². The summed E-state index contributed by atoms with van der Waals surface area (Å²) in [6.07, 6.45) is 6.23. The molecule has 0 atom stereocenters. The standard InChI is InChI=1S/C12H19NO.C2H6/c1-6-8-12(10(3)14)11(7-2)9-13(4)5;1-2/h6,8-9H,1,7H2,2-5H3;1-2H3/b11-9-,12-8-;. The molecule has 16 heavy (non-hydrogen) atoms. The van der Waals surface area contributed by atoms with Gasteiger partial charge in [0.15, 0.2) is 5.78 Å². The van der Waals surface area contributed by atoms with Gasteiger partial charge in [-0.2, -0.15) is 0 Å². The quantitative estimate of drug-likeness (QED) is 0.524. The lowest BCUT2D eigenvalue weighted by Gasteiger charge is -2.11. The van der Waals surface area contributed by atoms with Gasteiger partial charge in [0.05, 0.1) is 0 Å². The highest BCUT2D eigenvalue weighted by molar-refractivity contribution is 5.97. The zero-order valence-corrected chi connectivity index (χ0v) is 11.5. The lowest BCUT2D eigenvalue weighted by molar-refractivity contribution is -0.113. The molecule has 0 unspecified atom stereocenters. The molecule has 0 spiro atoms. The Morgan fingerprint density at radius 3 is 2.06 bits per heavy atom. The molecule has 0 aliphatic rings. The normalized spacial score (nSPS) is 11.4. The number of carbonyl (C=O) groups is 1. The van der Waals surface area contributed by atoms with Gasteiger partial charge < -0.3 is 4.90 Å². The Balaban J connectivity index is 0. The molecule has 0 aliphatic carbocycles. The van der Waals surface area contributed by atoms with Crippen molar-refractivity contribution in [2.45, 2.75) is 34.1 Å². The van der Waals surface area contributed by atoms with E-state index in [4.69, 9.17) is 0 Å². The zero-order chi connectivity index (χ0) is 13.1. The molecular formula is C14H25NO. The predicted molar refractivity (Wildman–Crippen MR) is 72.4 cm³/mol. The minimum absolute atomic E-state index is 0.0832. The van der Waals surface area contributed by atoms with Crippen LogP contribution in [0, 0.1) is 0 Å². The molecule has 0 N–H and O–H groups in total. The maximum absolute atomic E-state index is 11.3. The summed E-state index contributed by atoms with van der Waals surface area (Å²) < 4.78 is 0. The van der Waals surface area contributed by atoms with Crippen LogP contribution in [0.4, 0.5) is 0 Å². The van der Waals surface area contributed by atoms with Crippen LogP contribution in [0.25, 0.3) is 0 Å². The van der Waals surface area contributed by atoms with Crippen molar-refractivity contribution < 1.29 is 4.79 Å². The summed E-state index contributed by atoms with van der Waals surface area (Å²) in [4.78, 5) is 13.3. The van der Waals surface area contributed by atoms with Gasteiger partial charge in [-0.25, -0.2) is 0 Å². The average Bonchev–Trinajstić information content (AvgIpc) is 2.25. The van der Waals surface area contributed by atoms with Crippen molar-refractivity contribution in [3.05, 3.63) is 36.1 Å². The molecule has 0 aromatic heterocycles. The fraction of sp³-hybridized carbons (Fsp3) is 0.500. The van der Waals surface area contributed by atoms with Gasteiger partial charge in [-0.15, -0.1) is 0 Å². The molecule has 0 fully saturated rings. The first kappa shape index (κ1) is 17.1. The van der Waals surface area contributed by atoms with Crippen molar-refractivity contribution in [2.24, 2.45) is 0 Å². The van der Waals surface area contributed by atoms with Crippen molar-refractivity contribution in [2.75, 3.05) is 14.1 Å². The lowest BCUT2D eigenvalue weighted by atomic mass is 10.0. The maximum Gasteiger partial charge on any atom is 0.160 e. The number of nitrogens with zero attached hydrogens (tertiary/aromatic N) is 1. The molecule has 0 aromatic rings.